The summed E-state index contributed by atoms with van der Waals surface area (Å²) in [6.07, 6.45) is 2.14. The van der Waals surface area contributed by atoms with Crippen LogP contribution in [0.2, 0.25) is 0 Å². The van der Waals surface area contributed by atoms with Gasteiger partial charge in [-0.3, -0.25) is 4.79 Å². The predicted octanol–water partition coefficient (Wildman–Crippen LogP) is 2.24. The highest BCUT2D eigenvalue weighted by Crippen LogP contribution is 2.24. The molecule has 1 aliphatic rings. The molecule has 1 N–H and O–H groups in total. The summed E-state index contributed by atoms with van der Waals surface area (Å²) in [6, 6.07) is 3.74. The van der Waals surface area contributed by atoms with E-state index >= 15 is 0 Å². The number of hydrogen-bond acceptors (Lipinski definition) is 5. The topological polar surface area (TPSA) is 60.7 Å². The molecule has 2 heterocycles. The Morgan fingerprint density at radius 3 is 3.00 bits per heavy atom. The maximum Gasteiger partial charge on any atom is 0.307 e. The van der Waals surface area contributed by atoms with Crippen LogP contribution in [-0.2, 0) is 20.8 Å². The van der Waals surface area contributed by atoms with Gasteiger partial charge in [0.2, 0.25) is 0 Å². The van der Waals surface area contributed by atoms with E-state index in [4.69, 9.17) is 13.9 Å². The highest BCUT2D eigenvalue weighted by Gasteiger charge is 2.35. The number of furan rings is 1. The first kappa shape index (κ1) is 14.6. The smallest absolute Gasteiger partial charge is 0.307 e. The average Bonchev–Trinajstić information content (AvgIpc) is 2.83. The molecule has 0 radical (unpaired) electrons. The Morgan fingerprint density at radius 1 is 1.58 bits per heavy atom. The van der Waals surface area contributed by atoms with E-state index in [1.807, 2.05) is 12.1 Å². The molecule has 0 aromatic carbocycles. The van der Waals surface area contributed by atoms with Crippen molar-refractivity contribution in [3.05, 3.63) is 22.6 Å². The molecule has 0 aliphatic carbocycles. The zero-order valence-corrected chi connectivity index (χ0v) is 12.5. The van der Waals surface area contributed by atoms with Gasteiger partial charge in [-0.2, -0.15) is 0 Å². The van der Waals surface area contributed by atoms with Gasteiger partial charge in [-0.15, -0.1) is 0 Å². The minimum Gasteiger partial charge on any atom is -0.469 e. The number of nitrogens with one attached hydrogen (secondary N) is 1. The second-order valence-corrected chi connectivity index (χ2v) is 5.53. The molecule has 1 aromatic rings. The maximum atomic E-state index is 11.6. The van der Waals surface area contributed by atoms with E-state index < -0.39 is 0 Å². The molecule has 1 fully saturated rings. The molecule has 19 heavy (non-hydrogen) atoms. The first-order valence-electron chi connectivity index (χ1n) is 6.27. The predicted molar refractivity (Wildman–Crippen MR) is 72.7 cm³/mol. The maximum absolute atomic E-state index is 11.6. The second kappa shape index (κ2) is 6.54. The van der Waals surface area contributed by atoms with Crippen LogP contribution >= 0.6 is 15.9 Å². The van der Waals surface area contributed by atoms with Crippen LogP contribution < -0.4 is 5.32 Å². The lowest BCUT2D eigenvalue weighted by molar-refractivity contribution is -0.144. The van der Waals surface area contributed by atoms with Gasteiger partial charge in [0.1, 0.15) is 5.76 Å². The third-order valence-electron chi connectivity index (χ3n) is 3.30. The standard InChI is InChI=1S/C13H18BrNO4/c1-17-12(16)7-13(5-2-6-18-9-13)15-8-10-3-4-11(14)19-10/h3-4,15H,2,5-9H2,1H3/t13-/m1/s1. The average molecular weight is 332 g/mol. The van der Waals surface area contributed by atoms with Crippen molar-refractivity contribution in [2.75, 3.05) is 20.3 Å². The molecule has 0 spiro atoms. The van der Waals surface area contributed by atoms with E-state index in [0.29, 0.717) is 24.2 Å². The van der Waals surface area contributed by atoms with Crippen molar-refractivity contribution in [3.8, 4) is 0 Å². The fraction of sp³-hybridized carbons (Fsp3) is 0.615. The first-order valence-corrected chi connectivity index (χ1v) is 7.07. The van der Waals surface area contributed by atoms with E-state index in [1.54, 1.807) is 0 Å². The molecule has 0 saturated carbocycles. The largest absolute Gasteiger partial charge is 0.469 e. The number of hydrogen-bond donors (Lipinski definition) is 1. The van der Waals surface area contributed by atoms with Crippen LogP contribution in [0.25, 0.3) is 0 Å². The lowest BCUT2D eigenvalue weighted by atomic mass is 9.88. The number of esters is 1. The van der Waals surface area contributed by atoms with Crippen molar-refractivity contribution in [1.29, 1.82) is 0 Å². The van der Waals surface area contributed by atoms with Crippen molar-refractivity contribution < 1.29 is 18.7 Å². The number of ether oxygens (including phenoxy) is 2. The summed E-state index contributed by atoms with van der Waals surface area (Å²) < 4.78 is 16.4. The van der Waals surface area contributed by atoms with E-state index in [1.165, 1.54) is 7.11 Å². The van der Waals surface area contributed by atoms with Crippen LogP contribution in [0, 0.1) is 0 Å². The zero-order valence-electron chi connectivity index (χ0n) is 10.9. The van der Waals surface area contributed by atoms with Crippen LogP contribution in [0.1, 0.15) is 25.0 Å². The molecule has 6 heteroatoms. The molecule has 2 rings (SSSR count). The molecule has 1 saturated heterocycles. The van der Waals surface area contributed by atoms with Crippen LogP contribution in [0.15, 0.2) is 21.2 Å². The zero-order chi connectivity index (χ0) is 13.7. The summed E-state index contributed by atoms with van der Waals surface area (Å²) in [4.78, 5) is 11.6. The fourth-order valence-corrected chi connectivity index (χ4v) is 2.60. The molecule has 1 aliphatic heterocycles. The summed E-state index contributed by atoms with van der Waals surface area (Å²) in [6.45, 7) is 1.83. The normalized spacial score (nSPS) is 23.3. The van der Waals surface area contributed by atoms with Gasteiger partial charge in [0.15, 0.2) is 4.67 Å². The SMILES string of the molecule is COC(=O)C[C@]1(NCc2ccc(Br)o2)CCCOC1. The van der Waals surface area contributed by atoms with Gasteiger partial charge in [0, 0.05) is 6.61 Å². The highest BCUT2D eigenvalue weighted by atomic mass is 79.9. The quantitative estimate of drug-likeness (QED) is 0.838. The van der Waals surface area contributed by atoms with Crippen molar-refractivity contribution in [2.24, 2.45) is 0 Å². The van der Waals surface area contributed by atoms with E-state index in [0.717, 1.165) is 25.2 Å². The number of carbonyl (C=O) groups is 1. The molecular formula is C13H18BrNO4. The van der Waals surface area contributed by atoms with Gasteiger partial charge < -0.3 is 19.2 Å². The van der Waals surface area contributed by atoms with Crippen LogP contribution in [0.3, 0.4) is 0 Å². The second-order valence-electron chi connectivity index (χ2n) is 4.75. The van der Waals surface area contributed by atoms with Crippen LogP contribution in [-0.4, -0.2) is 31.8 Å². The van der Waals surface area contributed by atoms with Crippen LogP contribution in [0.4, 0.5) is 0 Å². The Labute approximate surface area is 120 Å². The Kier molecular flexibility index (Phi) is 5.01. The minimum atomic E-state index is -0.357. The summed E-state index contributed by atoms with van der Waals surface area (Å²) in [5.41, 5.74) is -0.357. The third kappa shape index (κ3) is 4.06. The number of carbonyl (C=O) groups excluding carboxylic acids is 1. The lowest BCUT2D eigenvalue weighted by Crippen LogP contribution is -2.52. The van der Waals surface area contributed by atoms with E-state index in [-0.39, 0.29) is 11.5 Å². The summed E-state index contributed by atoms with van der Waals surface area (Å²) in [5.74, 6) is 0.598. The number of halogens is 1. The van der Waals surface area contributed by atoms with Crippen LogP contribution in [0.5, 0.6) is 0 Å². The summed E-state index contributed by atoms with van der Waals surface area (Å²) in [5, 5.41) is 3.39. The number of rotatable bonds is 5. The van der Waals surface area contributed by atoms with Gasteiger partial charge in [-0.25, -0.2) is 0 Å². The summed E-state index contributed by atoms with van der Waals surface area (Å²) >= 11 is 3.27. The van der Waals surface area contributed by atoms with Gasteiger partial charge in [0.05, 0.1) is 32.2 Å². The Hall–Kier alpha value is -0.850. The van der Waals surface area contributed by atoms with E-state index in [2.05, 4.69) is 21.2 Å². The van der Waals surface area contributed by atoms with Gasteiger partial charge >= 0.3 is 5.97 Å². The van der Waals surface area contributed by atoms with Crippen molar-refractivity contribution in [3.63, 3.8) is 0 Å². The molecule has 1 atom stereocenters. The van der Waals surface area contributed by atoms with E-state index in [9.17, 15) is 4.79 Å². The monoisotopic (exact) mass is 331 g/mol. The molecular weight excluding hydrogens is 314 g/mol. The Morgan fingerprint density at radius 2 is 2.42 bits per heavy atom. The molecule has 106 valence electrons. The number of methoxy groups -OCH3 is 1. The Balaban J connectivity index is 1.98. The van der Waals surface area contributed by atoms with Gasteiger partial charge in [-0.05, 0) is 40.9 Å². The summed E-state index contributed by atoms with van der Waals surface area (Å²) in [7, 11) is 1.41. The van der Waals surface area contributed by atoms with Crippen molar-refractivity contribution in [1.82, 2.24) is 5.32 Å². The van der Waals surface area contributed by atoms with Crippen molar-refractivity contribution >= 4 is 21.9 Å². The van der Waals surface area contributed by atoms with Gasteiger partial charge in [0.25, 0.3) is 0 Å². The molecule has 0 bridgehead atoms. The fourth-order valence-electron chi connectivity index (χ4n) is 2.26. The first-order chi connectivity index (χ1) is 9.13. The molecule has 0 amide bonds. The van der Waals surface area contributed by atoms with Gasteiger partial charge in [-0.1, -0.05) is 0 Å². The molecule has 1 aromatic heterocycles. The Bertz CT molecular complexity index is 426. The minimum absolute atomic E-state index is 0.223. The molecule has 0 unspecified atom stereocenters. The third-order valence-corrected chi connectivity index (χ3v) is 3.73. The highest BCUT2D eigenvalue weighted by molar-refractivity contribution is 9.10. The lowest BCUT2D eigenvalue weighted by Gasteiger charge is -2.37. The van der Waals surface area contributed by atoms with Crippen molar-refractivity contribution in [2.45, 2.75) is 31.3 Å². The molecule has 5 nitrogen and oxygen atoms in total.